The average Bonchev–Trinajstić information content (AvgIpc) is 2.72. The molecule has 1 fully saturated rings. The molecule has 3 rings (SSSR count). The fourth-order valence-corrected chi connectivity index (χ4v) is 3.96. The number of rotatable bonds is 9. The minimum Gasteiger partial charge on any atom is -0.451 e. The summed E-state index contributed by atoms with van der Waals surface area (Å²) in [5.41, 5.74) is 5.65. The molecule has 0 unspecified atom stereocenters. The summed E-state index contributed by atoms with van der Waals surface area (Å²) in [4.78, 5) is 11.3. The predicted octanol–water partition coefficient (Wildman–Crippen LogP) is 4.04. The number of carbonyl (C=O) groups is 1. The zero-order valence-electron chi connectivity index (χ0n) is 17.2. The number of nitrogens with one attached hydrogen (secondary N) is 2. The Balaban J connectivity index is 1.88. The number of halogens is 2. The van der Waals surface area contributed by atoms with E-state index in [0.717, 1.165) is 25.9 Å². The molecule has 1 amide bonds. The van der Waals surface area contributed by atoms with E-state index in [1.54, 1.807) is 30.3 Å². The minimum atomic E-state index is -0.758. The first-order valence-electron chi connectivity index (χ1n) is 10.4. The van der Waals surface area contributed by atoms with Gasteiger partial charge in [0.25, 0.3) is 0 Å². The van der Waals surface area contributed by atoms with Crippen LogP contribution in [-0.2, 0) is 4.79 Å². The second kappa shape index (κ2) is 10.5. The highest BCUT2D eigenvalue weighted by Gasteiger charge is 2.27. The van der Waals surface area contributed by atoms with Crippen LogP contribution in [0.15, 0.2) is 42.5 Å². The van der Waals surface area contributed by atoms with Gasteiger partial charge in [0.15, 0.2) is 17.4 Å². The molecule has 0 aliphatic carbocycles. The molecular formula is C23H29F2N3O2. The van der Waals surface area contributed by atoms with Gasteiger partial charge in [0.05, 0.1) is 0 Å². The maximum atomic E-state index is 15.4. The van der Waals surface area contributed by atoms with Crippen molar-refractivity contribution >= 4 is 5.91 Å². The zero-order valence-corrected chi connectivity index (χ0v) is 17.2. The molecule has 0 bridgehead atoms. The summed E-state index contributed by atoms with van der Waals surface area (Å²) in [6, 6.07) is 10.6. The number of nitrogens with two attached hydrogens (primary N) is 1. The van der Waals surface area contributed by atoms with E-state index in [2.05, 4.69) is 10.6 Å². The predicted molar refractivity (Wildman–Crippen MR) is 112 cm³/mol. The Morgan fingerprint density at radius 2 is 1.90 bits per heavy atom. The molecule has 162 valence electrons. The van der Waals surface area contributed by atoms with Crippen molar-refractivity contribution in [3.8, 4) is 11.5 Å². The van der Waals surface area contributed by atoms with Crippen molar-refractivity contribution < 1.29 is 18.3 Å². The van der Waals surface area contributed by atoms with E-state index in [4.69, 9.17) is 10.5 Å². The number of carbonyl (C=O) groups excluding carboxylic acids is 1. The van der Waals surface area contributed by atoms with Crippen LogP contribution in [-0.4, -0.2) is 25.0 Å². The van der Waals surface area contributed by atoms with Crippen LogP contribution in [0.4, 0.5) is 8.78 Å². The summed E-state index contributed by atoms with van der Waals surface area (Å²) >= 11 is 0. The number of piperidine rings is 1. The van der Waals surface area contributed by atoms with E-state index >= 15 is 4.39 Å². The number of amides is 1. The summed E-state index contributed by atoms with van der Waals surface area (Å²) in [6.45, 7) is 3.67. The fourth-order valence-electron chi connectivity index (χ4n) is 3.96. The molecule has 2 aromatic rings. The molecule has 0 radical (unpaired) electrons. The first kappa shape index (κ1) is 22.2. The van der Waals surface area contributed by atoms with Gasteiger partial charge in [0, 0.05) is 24.1 Å². The van der Waals surface area contributed by atoms with Gasteiger partial charge < -0.3 is 21.1 Å². The molecule has 2 atom stereocenters. The van der Waals surface area contributed by atoms with Crippen LogP contribution in [0.25, 0.3) is 0 Å². The molecule has 1 aliphatic heterocycles. The summed E-state index contributed by atoms with van der Waals surface area (Å²) in [5.74, 6) is -1.57. The van der Waals surface area contributed by atoms with Crippen molar-refractivity contribution in [2.24, 2.45) is 11.7 Å². The van der Waals surface area contributed by atoms with Crippen LogP contribution in [0.2, 0.25) is 0 Å². The minimum absolute atomic E-state index is 0.138. The van der Waals surface area contributed by atoms with Gasteiger partial charge in [-0.05, 0) is 63.4 Å². The van der Waals surface area contributed by atoms with Gasteiger partial charge >= 0.3 is 0 Å². The molecular weight excluding hydrogens is 388 g/mol. The fraction of sp³-hybridized carbons (Fsp3) is 0.435. The Morgan fingerprint density at radius 1 is 1.20 bits per heavy atom. The second-order valence-electron chi connectivity index (χ2n) is 7.91. The Kier molecular flexibility index (Phi) is 7.76. The van der Waals surface area contributed by atoms with E-state index in [1.165, 1.54) is 12.1 Å². The van der Waals surface area contributed by atoms with Crippen LogP contribution >= 0.6 is 0 Å². The number of ether oxygens (including phenoxy) is 1. The Morgan fingerprint density at radius 3 is 2.57 bits per heavy atom. The lowest BCUT2D eigenvalue weighted by Gasteiger charge is -2.30. The van der Waals surface area contributed by atoms with E-state index in [9.17, 15) is 9.18 Å². The van der Waals surface area contributed by atoms with E-state index in [1.807, 2.05) is 6.92 Å². The summed E-state index contributed by atoms with van der Waals surface area (Å²) in [6.07, 6.45) is 2.79. The average molecular weight is 418 g/mol. The largest absolute Gasteiger partial charge is 0.451 e. The second-order valence-corrected chi connectivity index (χ2v) is 7.91. The van der Waals surface area contributed by atoms with Gasteiger partial charge in [-0.15, -0.1) is 0 Å². The smallest absolute Gasteiger partial charge is 0.218 e. The first-order valence-corrected chi connectivity index (χ1v) is 10.4. The lowest BCUT2D eigenvalue weighted by Crippen LogP contribution is -2.37. The van der Waals surface area contributed by atoms with Gasteiger partial charge in [-0.25, -0.2) is 8.78 Å². The lowest BCUT2D eigenvalue weighted by atomic mass is 9.87. The molecule has 1 aliphatic rings. The van der Waals surface area contributed by atoms with Crippen LogP contribution < -0.4 is 21.1 Å². The topological polar surface area (TPSA) is 76.4 Å². The molecule has 0 saturated carbocycles. The first-order chi connectivity index (χ1) is 14.4. The van der Waals surface area contributed by atoms with E-state index in [0.29, 0.717) is 23.7 Å². The number of hydrogen-bond acceptors (Lipinski definition) is 4. The molecule has 7 heteroatoms. The van der Waals surface area contributed by atoms with Crippen molar-refractivity contribution in [3.63, 3.8) is 0 Å². The third-order valence-corrected chi connectivity index (χ3v) is 5.44. The zero-order chi connectivity index (χ0) is 21.5. The Labute approximate surface area is 176 Å². The highest BCUT2D eigenvalue weighted by Crippen LogP contribution is 2.35. The molecule has 30 heavy (non-hydrogen) atoms. The summed E-state index contributed by atoms with van der Waals surface area (Å²) in [5, 5.41) is 6.65. The Hall–Kier alpha value is -2.51. The van der Waals surface area contributed by atoms with E-state index in [-0.39, 0.29) is 18.5 Å². The lowest BCUT2D eigenvalue weighted by molar-refractivity contribution is -0.118. The maximum Gasteiger partial charge on any atom is 0.218 e. The molecule has 1 saturated heterocycles. The number of para-hydroxylation sites is 1. The van der Waals surface area contributed by atoms with Gasteiger partial charge in [-0.3, -0.25) is 4.79 Å². The number of primary amides is 1. The van der Waals surface area contributed by atoms with Crippen LogP contribution in [0.5, 0.6) is 11.5 Å². The normalized spacial score (nSPS) is 16.8. The van der Waals surface area contributed by atoms with Gasteiger partial charge in [0.2, 0.25) is 5.91 Å². The molecule has 1 heterocycles. The molecule has 5 nitrogen and oxygen atoms in total. The maximum absolute atomic E-state index is 15.4. The quantitative estimate of drug-likeness (QED) is 0.576. The SMILES string of the molecule is C[C@H](CC(N)=O)N[C@@H](CC1CCNCC1)c1ccc(F)c(Oc2ccccc2)c1F. The molecule has 0 aromatic heterocycles. The van der Waals surface area contributed by atoms with Gasteiger partial charge in [0.1, 0.15) is 5.75 Å². The molecule has 0 spiro atoms. The van der Waals surface area contributed by atoms with E-state index < -0.39 is 23.3 Å². The third-order valence-electron chi connectivity index (χ3n) is 5.44. The highest BCUT2D eigenvalue weighted by molar-refractivity contribution is 5.74. The van der Waals surface area contributed by atoms with Crippen molar-refractivity contribution in [1.29, 1.82) is 0 Å². The van der Waals surface area contributed by atoms with Gasteiger partial charge in [-0.2, -0.15) is 0 Å². The summed E-state index contributed by atoms with van der Waals surface area (Å²) in [7, 11) is 0. The number of benzene rings is 2. The van der Waals surface area contributed by atoms with Crippen molar-refractivity contribution in [1.82, 2.24) is 10.6 Å². The van der Waals surface area contributed by atoms with Crippen molar-refractivity contribution in [2.45, 2.75) is 44.7 Å². The third kappa shape index (κ3) is 6.00. The molecule has 4 N–H and O–H groups in total. The van der Waals surface area contributed by atoms with Crippen LogP contribution in [0, 0.1) is 17.6 Å². The van der Waals surface area contributed by atoms with Crippen molar-refractivity contribution in [3.05, 3.63) is 59.7 Å². The standard InChI is InChI=1S/C23H29F2N3O2/c1-15(13-21(26)29)28-20(14-16-9-11-27-12-10-16)18-7-8-19(24)23(22(18)25)30-17-5-3-2-4-6-17/h2-8,15-16,20,27-28H,9-14H2,1H3,(H2,26,29)/t15-,20+/m1/s1. The number of hydrogen-bond donors (Lipinski definition) is 3. The van der Waals surface area contributed by atoms with Gasteiger partial charge in [-0.1, -0.05) is 24.3 Å². The van der Waals surface area contributed by atoms with Crippen LogP contribution in [0.1, 0.15) is 44.2 Å². The summed E-state index contributed by atoms with van der Waals surface area (Å²) < 4.78 is 35.4. The van der Waals surface area contributed by atoms with Crippen molar-refractivity contribution in [2.75, 3.05) is 13.1 Å². The highest BCUT2D eigenvalue weighted by atomic mass is 19.1. The molecule has 2 aromatic carbocycles. The van der Waals surface area contributed by atoms with Crippen LogP contribution in [0.3, 0.4) is 0 Å². The monoisotopic (exact) mass is 417 g/mol. The Bertz CT molecular complexity index is 842.